The van der Waals surface area contributed by atoms with E-state index < -0.39 is 10.0 Å². The van der Waals surface area contributed by atoms with Gasteiger partial charge in [0.2, 0.25) is 10.0 Å². The predicted octanol–water partition coefficient (Wildman–Crippen LogP) is 1.40. The molecule has 1 aliphatic heterocycles. The Hall–Kier alpha value is -0.570. The molecule has 1 fully saturated rings. The first-order valence-corrected chi connectivity index (χ1v) is 9.84. The molecule has 0 spiro atoms. The lowest BCUT2D eigenvalue weighted by atomic mass is 10.3. The highest BCUT2D eigenvalue weighted by molar-refractivity contribution is 8.06. The Morgan fingerprint density at radius 1 is 1.45 bits per heavy atom. The van der Waals surface area contributed by atoms with E-state index >= 15 is 0 Å². The van der Waals surface area contributed by atoms with Crippen molar-refractivity contribution < 1.29 is 13.2 Å². The fourth-order valence-corrected chi connectivity index (χ4v) is 5.61. The Labute approximate surface area is 128 Å². The van der Waals surface area contributed by atoms with Crippen LogP contribution in [0, 0.1) is 0 Å². The maximum absolute atomic E-state index is 12.2. The molecule has 0 saturated carbocycles. The van der Waals surface area contributed by atoms with E-state index in [1.165, 1.54) is 19.2 Å². The molecule has 112 valence electrons. The van der Waals surface area contributed by atoms with Crippen molar-refractivity contribution in [1.82, 2.24) is 4.72 Å². The van der Waals surface area contributed by atoms with Gasteiger partial charge in [0.25, 0.3) is 0 Å². The van der Waals surface area contributed by atoms with E-state index in [2.05, 4.69) is 4.72 Å². The van der Waals surface area contributed by atoms with Gasteiger partial charge >= 0.3 is 0 Å². The summed E-state index contributed by atoms with van der Waals surface area (Å²) in [5, 5.41) is 0.333. The fraction of sp³-hybridized carbons (Fsp3) is 0.500. The Bertz CT molecular complexity index is 557. The summed E-state index contributed by atoms with van der Waals surface area (Å²) in [4.78, 5) is 0.178. The number of rotatable bonds is 5. The highest BCUT2D eigenvalue weighted by Gasteiger charge is 2.20. The first kappa shape index (κ1) is 15.8. The minimum absolute atomic E-state index is 0.178. The highest BCUT2D eigenvalue weighted by atomic mass is 32.2. The SMILES string of the molecule is COc1cc(S(=O)(=O)NCC2CSCCS2)ccc1N. The van der Waals surface area contributed by atoms with Crippen molar-refractivity contribution in [2.45, 2.75) is 10.1 Å². The molecule has 1 aliphatic rings. The molecule has 0 radical (unpaired) electrons. The molecule has 8 heteroatoms. The zero-order valence-electron chi connectivity index (χ0n) is 11.2. The van der Waals surface area contributed by atoms with Gasteiger partial charge in [0, 0.05) is 35.1 Å². The van der Waals surface area contributed by atoms with E-state index in [0.29, 0.717) is 23.2 Å². The van der Waals surface area contributed by atoms with E-state index in [-0.39, 0.29) is 4.90 Å². The van der Waals surface area contributed by atoms with Crippen LogP contribution in [0.25, 0.3) is 0 Å². The van der Waals surface area contributed by atoms with Crippen LogP contribution in [0.5, 0.6) is 5.75 Å². The molecule has 20 heavy (non-hydrogen) atoms. The molecule has 2 rings (SSSR count). The largest absolute Gasteiger partial charge is 0.495 e. The first-order chi connectivity index (χ1) is 9.53. The predicted molar refractivity (Wildman–Crippen MR) is 86.2 cm³/mol. The van der Waals surface area contributed by atoms with Crippen LogP contribution in [-0.4, -0.2) is 44.6 Å². The van der Waals surface area contributed by atoms with Crippen molar-refractivity contribution in [3.05, 3.63) is 18.2 Å². The zero-order valence-corrected chi connectivity index (χ0v) is 13.6. The van der Waals surface area contributed by atoms with Gasteiger partial charge in [-0.2, -0.15) is 23.5 Å². The van der Waals surface area contributed by atoms with Crippen LogP contribution in [0.4, 0.5) is 5.69 Å². The molecule has 3 N–H and O–H groups in total. The zero-order chi connectivity index (χ0) is 14.6. The number of nitrogens with one attached hydrogen (secondary N) is 1. The minimum atomic E-state index is -3.52. The highest BCUT2D eigenvalue weighted by Crippen LogP contribution is 2.26. The van der Waals surface area contributed by atoms with Crippen molar-refractivity contribution in [1.29, 1.82) is 0 Å². The average Bonchev–Trinajstić information content (AvgIpc) is 2.46. The number of benzene rings is 1. The van der Waals surface area contributed by atoms with E-state index in [1.54, 1.807) is 6.07 Å². The number of hydrogen-bond acceptors (Lipinski definition) is 6. The number of methoxy groups -OCH3 is 1. The summed E-state index contributed by atoms with van der Waals surface area (Å²) in [6, 6.07) is 4.47. The van der Waals surface area contributed by atoms with Crippen LogP contribution in [0.1, 0.15) is 0 Å². The molecule has 0 aromatic heterocycles. The number of sulfonamides is 1. The number of nitrogens with two attached hydrogens (primary N) is 1. The van der Waals surface area contributed by atoms with Gasteiger partial charge < -0.3 is 10.5 Å². The summed E-state index contributed by atoms with van der Waals surface area (Å²) in [5.41, 5.74) is 6.11. The molecule has 0 aliphatic carbocycles. The van der Waals surface area contributed by atoms with E-state index in [9.17, 15) is 8.42 Å². The Morgan fingerprint density at radius 3 is 2.90 bits per heavy atom. The van der Waals surface area contributed by atoms with Gasteiger partial charge in [0.1, 0.15) is 5.75 Å². The summed E-state index contributed by atoms with van der Waals surface area (Å²) in [7, 11) is -2.05. The molecule has 1 heterocycles. The smallest absolute Gasteiger partial charge is 0.240 e. The molecule has 1 aromatic carbocycles. The quantitative estimate of drug-likeness (QED) is 0.792. The third-order valence-corrected chi connectivity index (χ3v) is 7.17. The van der Waals surface area contributed by atoms with Crippen molar-refractivity contribution in [2.75, 3.05) is 36.6 Å². The molecule has 0 bridgehead atoms. The Morgan fingerprint density at radius 2 is 2.25 bits per heavy atom. The number of ether oxygens (including phenoxy) is 1. The maximum atomic E-state index is 12.2. The van der Waals surface area contributed by atoms with Crippen LogP contribution >= 0.6 is 23.5 Å². The van der Waals surface area contributed by atoms with Crippen molar-refractivity contribution >= 4 is 39.2 Å². The van der Waals surface area contributed by atoms with Crippen LogP contribution in [0.3, 0.4) is 0 Å². The summed E-state index contributed by atoms with van der Waals surface area (Å²) in [6.07, 6.45) is 0. The topological polar surface area (TPSA) is 81.4 Å². The second-order valence-corrected chi connectivity index (χ2v) is 8.65. The van der Waals surface area contributed by atoms with E-state index in [1.807, 2.05) is 23.5 Å². The van der Waals surface area contributed by atoms with Crippen LogP contribution in [0.2, 0.25) is 0 Å². The summed E-state index contributed by atoms with van der Waals surface area (Å²) < 4.78 is 32.2. The van der Waals surface area contributed by atoms with Crippen LogP contribution in [0.15, 0.2) is 23.1 Å². The second-order valence-electron chi connectivity index (χ2n) is 4.32. The maximum Gasteiger partial charge on any atom is 0.240 e. The molecular weight excluding hydrogens is 316 g/mol. The fourth-order valence-electron chi connectivity index (χ4n) is 1.80. The van der Waals surface area contributed by atoms with Crippen molar-refractivity contribution in [3.8, 4) is 5.75 Å². The second kappa shape index (κ2) is 6.93. The molecular formula is C12H18N2O3S3. The first-order valence-electron chi connectivity index (χ1n) is 6.15. The van der Waals surface area contributed by atoms with Gasteiger partial charge in [-0.05, 0) is 12.1 Å². The van der Waals surface area contributed by atoms with Gasteiger partial charge in [-0.1, -0.05) is 0 Å². The van der Waals surface area contributed by atoms with Crippen molar-refractivity contribution in [2.24, 2.45) is 0 Å². The van der Waals surface area contributed by atoms with Gasteiger partial charge in [0.15, 0.2) is 0 Å². The van der Waals surface area contributed by atoms with E-state index in [4.69, 9.17) is 10.5 Å². The summed E-state index contributed by atoms with van der Waals surface area (Å²) in [6.45, 7) is 0.451. The molecule has 1 saturated heterocycles. The van der Waals surface area contributed by atoms with Crippen molar-refractivity contribution in [3.63, 3.8) is 0 Å². The number of hydrogen-bond donors (Lipinski definition) is 2. The normalized spacial score (nSPS) is 19.8. The molecule has 5 nitrogen and oxygen atoms in total. The molecule has 1 atom stereocenters. The van der Waals surface area contributed by atoms with Gasteiger partial charge in [-0.3, -0.25) is 0 Å². The third kappa shape index (κ3) is 3.97. The van der Waals surface area contributed by atoms with Gasteiger partial charge in [-0.25, -0.2) is 13.1 Å². The lowest BCUT2D eigenvalue weighted by molar-refractivity contribution is 0.415. The lowest BCUT2D eigenvalue weighted by Crippen LogP contribution is -2.33. The Balaban J connectivity index is 2.05. The number of thioether (sulfide) groups is 2. The Kier molecular flexibility index (Phi) is 5.48. The molecule has 0 amide bonds. The lowest BCUT2D eigenvalue weighted by Gasteiger charge is -2.21. The van der Waals surface area contributed by atoms with Crippen LogP contribution < -0.4 is 15.2 Å². The van der Waals surface area contributed by atoms with Gasteiger partial charge in [0.05, 0.1) is 17.7 Å². The van der Waals surface area contributed by atoms with E-state index in [0.717, 1.165) is 17.3 Å². The number of anilines is 1. The summed E-state index contributed by atoms with van der Waals surface area (Å²) in [5.74, 6) is 3.57. The molecule has 1 aromatic rings. The number of nitrogen functional groups attached to an aromatic ring is 1. The van der Waals surface area contributed by atoms with Crippen LogP contribution in [-0.2, 0) is 10.0 Å². The minimum Gasteiger partial charge on any atom is -0.495 e. The van der Waals surface area contributed by atoms with Gasteiger partial charge in [-0.15, -0.1) is 0 Å². The molecule has 1 unspecified atom stereocenters. The average molecular weight is 334 g/mol. The standard InChI is InChI=1S/C12H18N2O3S3/c1-17-12-6-10(2-3-11(12)13)20(15,16)14-7-9-8-18-4-5-19-9/h2-3,6,9,14H,4-5,7-8,13H2,1H3. The third-order valence-electron chi connectivity index (χ3n) is 2.90. The summed E-state index contributed by atoms with van der Waals surface area (Å²) >= 11 is 3.68. The monoisotopic (exact) mass is 334 g/mol.